The number of amides is 1. The van der Waals surface area contributed by atoms with Crippen molar-refractivity contribution in [3.8, 4) is 6.07 Å². The van der Waals surface area contributed by atoms with Gasteiger partial charge in [0.15, 0.2) is 0 Å². The van der Waals surface area contributed by atoms with Crippen molar-refractivity contribution in [2.45, 2.75) is 4.90 Å². The molecule has 0 aliphatic carbocycles. The first-order valence-corrected chi connectivity index (χ1v) is 8.27. The summed E-state index contributed by atoms with van der Waals surface area (Å²) < 4.78 is 26.9. The molecule has 2 rings (SSSR count). The van der Waals surface area contributed by atoms with Gasteiger partial charge in [0.05, 0.1) is 5.56 Å². The van der Waals surface area contributed by atoms with Gasteiger partial charge in [0.1, 0.15) is 11.0 Å². The Kier molecular flexibility index (Phi) is 4.51. The molecule has 1 aliphatic rings. The molecule has 0 unspecified atom stereocenters. The highest BCUT2D eigenvalue weighted by molar-refractivity contribution is 9.10. The van der Waals surface area contributed by atoms with Crippen molar-refractivity contribution < 1.29 is 18.3 Å². The van der Waals surface area contributed by atoms with Gasteiger partial charge >= 0.3 is 6.09 Å². The number of nitrogens with zero attached hydrogens (tertiary/aromatic N) is 3. The molecule has 1 N–H and O–H groups in total. The SMILES string of the molecule is N#Cc1cc(Br)ccc1S(=O)(=O)N1CCN(C(=O)O)CC1. The number of carboxylic acid groups (broad SMARTS) is 1. The van der Waals surface area contributed by atoms with Crippen LogP contribution in [0.4, 0.5) is 4.79 Å². The largest absolute Gasteiger partial charge is 0.465 e. The van der Waals surface area contributed by atoms with E-state index in [1.807, 2.05) is 6.07 Å². The van der Waals surface area contributed by atoms with Crippen molar-refractivity contribution in [1.29, 1.82) is 5.26 Å². The number of carbonyl (C=O) groups is 1. The molecule has 112 valence electrons. The van der Waals surface area contributed by atoms with Crippen LogP contribution >= 0.6 is 15.9 Å². The molecule has 9 heteroatoms. The van der Waals surface area contributed by atoms with E-state index in [9.17, 15) is 13.2 Å². The van der Waals surface area contributed by atoms with Gasteiger partial charge < -0.3 is 10.0 Å². The molecule has 1 aliphatic heterocycles. The Balaban J connectivity index is 2.28. The molecule has 1 heterocycles. The van der Waals surface area contributed by atoms with Crippen molar-refractivity contribution in [2.24, 2.45) is 0 Å². The predicted octanol–water partition coefficient (Wildman–Crippen LogP) is 1.31. The minimum Gasteiger partial charge on any atom is -0.465 e. The maximum absolute atomic E-state index is 12.5. The lowest BCUT2D eigenvalue weighted by molar-refractivity contribution is 0.126. The van der Waals surface area contributed by atoms with E-state index >= 15 is 0 Å². The third-order valence-corrected chi connectivity index (χ3v) is 5.64. The van der Waals surface area contributed by atoms with Crippen LogP contribution in [-0.4, -0.2) is 55.0 Å². The van der Waals surface area contributed by atoms with Gasteiger partial charge in [-0.05, 0) is 18.2 Å². The zero-order valence-electron chi connectivity index (χ0n) is 10.9. The molecule has 1 aromatic rings. The molecule has 1 fully saturated rings. The second-order valence-electron chi connectivity index (χ2n) is 4.43. The summed E-state index contributed by atoms with van der Waals surface area (Å²) in [4.78, 5) is 11.9. The van der Waals surface area contributed by atoms with E-state index in [2.05, 4.69) is 15.9 Å². The number of sulfonamides is 1. The van der Waals surface area contributed by atoms with Crippen molar-refractivity contribution in [3.63, 3.8) is 0 Å². The molecule has 1 amide bonds. The van der Waals surface area contributed by atoms with Crippen LogP contribution in [-0.2, 0) is 10.0 Å². The molecule has 1 aromatic carbocycles. The van der Waals surface area contributed by atoms with Crippen LogP contribution in [0, 0.1) is 11.3 Å². The summed E-state index contributed by atoms with van der Waals surface area (Å²) in [5, 5.41) is 17.9. The van der Waals surface area contributed by atoms with Gasteiger partial charge in [-0.15, -0.1) is 0 Å². The second kappa shape index (κ2) is 6.01. The summed E-state index contributed by atoms with van der Waals surface area (Å²) >= 11 is 3.19. The molecule has 0 atom stereocenters. The lowest BCUT2D eigenvalue weighted by Crippen LogP contribution is -2.50. The molecular weight excluding hydrogens is 362 g/mol. The van der Waals surface area contributed by atoms with Gasteiger partial charge in [0.25, 0.3) is 0 Å². The zero-order valence-corrected chi connectivity index (χ0v) is 13.3. The minimum atomic E-state index is -3.80. The zero-order chi connectivity index (χ0) is 15.6. The number of halogens is 1. The van der Waals surface area contributed by atoms with E-state index < -0.39 is 16.1 Å². The quantitative estimate of drug-likeness (QED) is 0.841. The standard InChI is InChI=1S/C12H12BrN3O4S/c13-10-1-2-11(9(7-10)8-14)21(19,20)16-5-3-15(4-6-16)12(17)18/h1-2,7H,3-6H2,(H,17,18). The first-order chi connectivity index (χ1) is 9.86. The van der Waals surface area contributed by atoms with Crippen LogP contribution in [0.1, 0.15) is 5.56 Å². The first kappa shape index (κ1) is 15.8. The van der Waals surface area contributed by atoms with Crippen LogP contribution in [0.25, 0.3) is 0 Å². The van der Waals surface area contributed by atoms with Crippen LogP contribution in [0.3, 0.4) is 0 Å². The molecule has 21 heavy (non-hydrogen) atoms. The summed E-state index contributed by atoms with van der Waals surface area (Å²) in [7, 11) is -3.80. The lowest BCUT2D eigenvalue weighted by Gasteiger charge is -2.32. The normalized spacial score (nSPS) is 16.5. The van der Waals surface area contributed by atoms with Crippen molar-refractivity contribution in [1.82, 2.24) is 9.21 Å². The highest BCUT2D eigenvalue weighted by Crippen LogP contribution is 2.24. The Morgan fingerprint density at radius 2 is 1.90 bits per heavy atom. The Morgan fingerprint density at radius 3 is 2.43 bits per heavy atom. The molecule has 1 saturated heterocycles. The van der Waals surface area contributed by atoms with Gasteiger partial charge in [-0.3, -0.25) is 0 Å². The summed E-state index contributed by atoms with van der Waals surface area (Å²) in [6.07, 6.45) is -1.06. The Morgan fingerprint density at radius 1 is 1.29 bits per heavy atom. The fraction of sp³-hybridized carbons (Fsp3) is 0.333. The predicted molar refractivity (Wildman–Crippen MR) is 77.2 cm³/mol. The molecule has 0 spiro atoms. The number of rotatable bonds is 2. The average molecular weight is 374 g/mol. The van der Waals surface area contributed by atoms with E-state index in [-0.39, 0.29) is 36.6 Å². The van der Waals surface area contributed by atoms with Crippen LogP contribution < -0.4 is 0 Å². The smallest absolute Gasteiger partial charge is 0.407 e. The topological polar surface area (TPSA) is 102 Å². The maximum atomic E-state index is 12.5. The summed E-state index contributed by atoms with van der Waals surface area (Å²) in [6, 6.07) is 6.25. The Hall–Kier alpha value is -1.63. The highest BCUT2D eigenvalue weighted by atomic mass is 79.9. The number of nitriles is 1. The van der Waals surface area contributed by atoms with Gasteiger partial charge in [-0.25, -0.2) is 13.2 Å². The maximum Gasteiger partial charge on any atom is 0.407 e. The molecule has 0 radical (unpaired) electrons. The molecule has 0 aromatic heterocycles. The third-order valence-electron chi connectivity index (χ3n) is 3.19. The van der Waals surface area contributed by atoms with E-state index in [1.165, 1.54) is 21.3 Å². The van der Waals surface area contributed by atoms with Crippen LogP contribution in [0.15, 0.2) is 27.6 Å². The van der Waals surface area contributed by atoms with Gasteiger partial charge in [-0.1, -0.05) is 15.9 Å². The van der Waals surface area contributed by atoms with Gasteiger partial charge in [0, 0.05) is 30.7 Å². The van der Waals surface area contributed by atoms with Crippen LogP contribution in [0.2, 0.25) is 0 Å². The van der Waals surface area contributed by atoms with E-state index in [0.29, 0.717) is 4.47 Å². The minimum absolute atomic E-state index is 0.0584. The summed E-state index contributed by atoms with van der Waals surface area (Å²) in [5.41, 5.74) is 0.0602. The molecule has 7 nitrogen and oxygen atoms in total. The van der Waals surface area contributed by atoms with Crippen molar-refractivity contribution in [2.75, 3.05) is 26.2 Å². The third kappa shape index (κ3) is 3.18. The molecule has 0 bridgehead atoms. The fourth-order valence-electron chi connectivity index (χ4n) is 2.07. The molecule has 0 saturated carbocycles. The highest BCUT2D eigenvalue weighted by Gasteiger charge is 2.31. The number of benzene rings is 1. The summed E-state index contributed by atoms with van der Waals surface area (Å²) in [5.74, 6) is 0. The average Bonchev–Trinajstić information content (AvgIpc) is 2.46. The number of piperazine rings is 1. The fourth-order valence-corrected chi connectivity index (χ4v) is 3.98. The van der Waals surface area contributed by atoms with E-state index in [0.717, 1.165) is 0 Å². The van der Waals surface area contributed by atoms with E-state index in [4.69, 9.17) is 10.4 Å². The Bertz CT molecular complexity index is 706. The molecular formula is C12H12BrN3O4S. The number of hydrogen-bond donors (Lipinski definition) is 1. The monoisotopic (exact) mass is 373 g/mol. The van der Waals surface area contributed by atoms with Crippen molar-refractivity contribution in [3.05, 3.63) is 28.2 Å². The van der Waals surface area contributed by atoms with Gasteiger partial charge in [0.2, 0.25) is 10.0 Å². The summed E-state index contributed by atoms with van der Waals surface area (Å²) in [6.45, 7) is 0.394. The van der Waals surface area contributed by atoms with Crippen molar-refractivity contribution >= 4 is 32.0 Å². The Labute approximate surface area is 130 Å². The van der Waals surface area contributed by atoms with E-state index in [1.54, 1.807) is 6.07 Å². The van der Waals surface area contributed by atoms with Crippen LogP contribution in [0.5, 0.6) is 0 Å². The van der Waals surface area contributed by atoms with Gasteiger partial charge in [-0.2, -0.15) is 9.57 Å². The second-order valence-corrected chi connectivity index (χ2v) is 7.25. The number of hydrogen-bond acceptors (Lipinski definition) is 4. The first-order valence-electron chi connectivity index (χ1n) is 6.04. The lowest BCUT2D eigenvalue weighted by atomic mass is 10.2.